The molecule has 0 fully saturated rings. The van der Waals surface area contributed by atoms with Crippen LogP contribution in [0.15, 0.2) is 35.5 Å². The lowest BCUT2D eigenvalue weighted by molar-refractivity contribution is 0.215. The Kier molecular flexibility index (Phi) is 3.76. The highest BCUT2D eigenvalue weighted by Crippen LogP contribution is 2.08. The van der Waals surface area contributed by atoms with E-state index in [4.69, 9.17) is 0 Å². The van der Waals surface area contributed by atoms with Gasteiger partial charge in [0.1, 0.15) is 7.11 Å². The molecule has 0 spiro atoms. The van der Waals surface area contributed by atoms with Crippen molar-refractivity contribution in [2.45, 2.75) is 6.92 Å². The first-order valence-corrected chi connectivity index (χ1v) is 4.16. The molecule has 1 aromatic carbocycles. The van der Waals surface area contributed by atoms with Crippen LogP contribution in [-0.2, 0) is 4.84 Å². The zero-order valence-electron chi connectivity index (χ0n) is 7.90. The van der Waals surface area contributed by atoms with E-state index in [1.165, 1.54) is 7.11 Å². The zero-order valence-corrected chi connectivity index (χ0v) is 7.90. The summed E-state index contributed by atoms with van der Waals surface area (Å²) in [5.41, 5.74) is 2.20. The van der Waals surface area contributed by atoms with Gasteiger partial charge in [0.25, 0.3) is 0 Å². The molecule has 0 aromatic heterocycles. The molecule has 0 aliphatic carbocycles. The van der Waals surface area contributed by atoms with Gasteiger partial charge in [-0.05, 0) is 12.5 Å². The summed E-state index contributed by atoms with van der Waals surface area (Å²) in [5.74, 6) is 0. The first-order valence-electron chi connectivity index (χ1n) is 4.16. The Balaban J connectivity index is 2.97. The highest BCUT2D eigenvalue weighted by atomic mass is 16.6. The molecule has 0 unspecified atom stereocenters. The first kappa shape index (κ1) is 9.52. The van der Waals surface area contributed by atoms with E-state index in [-0.39, 0.29) is 0 Å². The predicted octanol–water partition coefficient (Wildman–Crippen LogP) is 2.70. The Morgan fingerprint density at radius 1 is 1.23 bits per heavy atom. The highest BCUT2D eigenvalue weighted by Gasteiger charge is 1.93. The van der Waals surface area contributed by atoms with Crippen molar-refractivity contribution >= 4 is 12.3 Å². The number of nitrogens with zero attached hydrogens (tertiary/aromatic N) is 1. The third-order valence-corrected chi connectivity index (χ3v) is 1.64. The summed E-state index contributed by atoms with van der Waals surface area (Å²) in [5, 5.41) is 3.73. The van der Waals surface area contributed by atoms with E-state index in [2.05, 4.69) is 9.99 Å². The van der Waals surface area contributed by atoms with Crippen molar-refractivity contribution in [2.24, 2.45) is 5.16 Å². The van der Waals surface area contributed by atoms with Crippen LogP contribution in [0.5, 0.6) is 0 Å². The fourth-order valence-corrected chi connectivity index (χ4v) is 1.07. The fourth-order valence-electron chi connectivity index (χ4n) is 1.07. The molecule has 0 bridgehead atoms. The third-order valence-electron chi connectivity index (χ3n) is 1.64. The number of allylic oxidation sites excluding steroid dienone is 1. The van der Waals surface area contributed by atoms with E-state index in [1.807, 2.05) is 43.3 Å². The molecule has 0 atom stereocenters. The van der Waals surface area contributed by atoms with Crippen molar-refractivity contribution in [3.63, 3.8) is 0 Å². The molecule has 0 saturated heterocycles. The Morgan fingerprint density at radius 2 is 1.92 bits per heavy atom. The van der Waals surface area contributed by atoms with Crippen molar-refractivity contribution in [2.75, 3.05) is 7.11 Å². The predicted molar refractivity (Wildman–Crippen MR) is 55.8 cm³/mol. The second-order valence-electron chi connectivity index (χ2n) is 2.55. The Labute approximate surface area is 78.5 Å². The maximum atomic E-state index is 4.62. The van der Waals surface area contributed by atoms with Crippen LogP contribution in [0.1, 0.15) is 18.1 Å². The largest absolute Gasteiger partial charge is 0.399 e. The second kappa shape index (κ2) is 5.14. The summed E-state index contributed by atoms with van der Waals surface area (Å²) in [7, 11) is 1.54. The summed E-state index contributed by atoms with van der Waals surface area (Å²) >= 11 is 0. The molecule has 0 radical (unpaired) electrons. The van der Waals surface area contributed by atoms with Crippen LogP contribution in [0.3, 0.4) is 0 Å². The van der Waals surface area contributed by atoms with Crippen LogP contribution in [0.4, 0.5) is 0 Å². The average Bonchev–Trinajstić information content (AvgIpc) is 2.17. The monoisotopic (exact) mass is 175 g/mol. The number of hydrogen-bond acceptors (Lipinski definition) is 2. The van der Waals surface area contributed by atoms with Crippen molar-refractivity contribution in [3.05, 3.63) is 41.5 Å². The van der Waals surface area contributed by atoms with E-state index in [1.54, 1.807) is 6.21 Å². The van der Waals surface area contributed by atoms with Gasteiger partial charge in [-0.1, -0.05) is 41.6 Å². The molecule has 0 heterocycles. The molecule has 2 heteroatoms. The van der Waals surface area contributed by atoms with Crippen LogP contribution >= 0.6 is 0 Å². The number of hydrogen-bond donors (Lipinski definition) is 0. The minimum atomic E-state index is 1.06. The molecule has 0 aliphatic heterocycles. The van der Waals surface area contributed by atoms with Crippen LogP contribution in [-0.4, -0.2) is 13.3 Å². The van der Waals surface area contributed by atoms with Gasteiger partial charge in [-0.2, -0.15) is 0 Å². The van der Waals surface area contributed by atoms with Gasteiger partial charge in [0, 0.05) is 5.56 Å². The van der Waals surface area contributed by atoms with E-state index < -0.39 is 0 Å². The minimum Gasteiger partial charge on any atom is -0.399 e. The molecule has 1 aromatic rings. The molecule has 68 valence electrons. The smallest absolute Gasteiger partial charge is 0.106 e. The minimum absolute atomic E-state index is 1.06. The van der Waals surface area contributed by atoms with E-state index in [0.29, 0.717) is 0 Å². The van der Waals surface area contributed by atoms with Gasteiger partial charge in [-0.3, -0.25) is 0 Å². The molecule has 13 heavy (non-hydrogen) atoms. The molecule has 0 saturated carbocycles. The Hall–Kier alpha value is -1.57. The highest BCUT2D eigenvalue weighted by molar-refractivity contribution is 5.84. The zero-order chi connectivity index (χ0) is 9.52. The lowest BCUT2D eigenvalue weighted by atomic mass is 10.1. The van der Waals surface area contributed by atoms with Gasteiger partial charge in [-0.25, -0.2) is 0 Å². The molecule has 0 amide bonds. The van der Waals surface area contributed by atoms with Gasteiger partial charge in [-0.15, -0.1) is 0 Å². The molecular formula is C11H13NO. The van der Waals surface area contributed by atoms with Crippen LogP contribution < -0.4 is 0 Å². The average molecular weight is 175 g/mol. The SMILES string of the molecule is C/C=C/c1ccccc1/C=N/OC. The molecule has 0 aliphatic rings. The molecule has 1 rings (SSSR count). The van der Waals surface area contributed by atoms with Crippen molar-refractivity contribution < 1.29 is 4.84 Å². The van der Waals surface area contributed by atoms with Crippen molar-refractivity contribution in [1.29, 1.82) is 0 Å². The summed E-state index contributed by atoms with van der Waals surface area (Å²) in [6.45, 7) is 1.99. The van der Waals surface area contributed by atoms with E-state index in [0.717, 1.165) is 11.1 Å². The number of benzene rings is 1. The maximum absolute atomic E-state index is 4.62. The number of rotatable bonds is 3. The van der Waals surface area contributed by atoms with Gasteiger partial charge in [0.2, 0.25) is 0 Å². The van der Waals surface area contributed by atoms with Gasteiger partial charge < -0.3 is 4.84 Å². The normalized spacial score (nSPS) is 11.2. The molecule has 0 N–H and O–H groups in total. The second-order valence-corrected chi connectivity index (χ2v) is 2.55. The van der Waals surface area contributed by atoms with Crippen LogP contribution in [0, 0.1) is 0 Å². The van der Waals surface area contributed by atoms with Gasteiger partial charge in [0.15, 0.2) is 0 Å². The summed E-state index contributed by atoms with van der Waals surface area (Å²) in [4.78, 5) is 4.62. The Morgan fingerprint density at radius 3 is 2.54 bits per heavy atom. The fraction of sp³-hybridized carbons (Fsp3) is 0.182. The van der Waals surface area contributed by atoms with Crippen LogP contribution in [0.2, 0.25) is 0 Å². The summed E-state index contributed by atoms with van der Waals surface area (Å²) in [6, 6.07) is 8.01. The summed E-state index contributed by atoms with van der Waals surface area (Å²) < 4.78 is 0. The van der Waals surface area contributed by atoms with Gasteiger partial charge >= 0.3 is 0 Å². The standard InChI is InChI=1S/C11H13NO/c1-3-6-10-7-4-5-8-11(10)9-12-13-2/h3-9H,1-2H3/b6-3+,12-9+. The van der Waals surface area contributed by atoms with Crippen molar-refractivity contribution in [1.82, 2.24) is 0 Å². The van der Waals surface area contributed by atoms with Crippen LogP contribution in [0.25, 0.3) is 6.08 Å². The maximum Gasteiger partial charge on any atom is 0.106 e. The molecular weight excluding hydrogens is 162 g/mol. The number of oxime groups is 1. The Bertz CT molecular complexity index is 316. The first-order chi connectivity index (χ1) is 6.38. The quantitative estimate of drug-likeness (QED) is 0.511. The van der Waals surface area contributed by atoms with Crippen molar-refractivity contribution in [3.8, 4) is 0 Å². The summed E-state index contributed by atoms with van der Waals surface area (Å²) in [6.07, 6.45) is 5.74. The lowest BCUT2D eigenvalue weighted by Crippen LogP contribution is -1.86. The van der Waals surface area contributed by atoms with E-state index in [9.17, 15) is 0 Å². The third kappa shape index (κ3) is 2.75. The molecule has 2 nitrogen and oxygen atoms in total. The van der Waals surface area contributed by atoms with Gasteiger partial charge in [0.05, 0.1) is 6.21 Å². The topological polar surface area (TPSA) is 21.6 Å². The lowest BCUT2D eigenvalue weighted by Gasteiger charge is -1.98. The van der Waals surface area contributed by atoms with E-state index >= 15 is 0 Å².